The first kappa shape index (κ1) is 21.1. The summed E-state index contributed by atoms with van der Waals surface area (Å²) in [5.41, 5.74) is 1.01. The van der Waals surface area contributed by atoms with E-state index in [0.717, 1.165) is 17.6 Å². The van der Waals surface area contributed by atoms with Gasteiger partial charge in [-0.25, -0.2) is 17.5 Å². The third kappa shape index (κ3) is 4.18. The van der Waals surface area contributed by atoms with E-state index in [1.54, 1.807) is 23.1 Å². The van der Waals surface area contributed by atoms with Crippen LogP contribution in [-0.2, 0) is 10.0 Å². The molecule has 4 rings (SSSR count). The second-order valence-electron chi connectivity index (χ2n) is 7.15. The Balaban J connectivity index is 1.43. The highest BCUT2D eigenvalue weighted by Crippen LogP contribution is 2.31. The van der Waals surface area contributed by atoms with Gasteiger partial charge in [0.05, 0.1) is 9.92 Å². The van der Waals surface area contributed by atoms with Gasteiger partial charge in [-0.1, -0.05) is 23.2 Å². The van der Waals surface area contributed by atoms with Crippen LogP contribution < -0.4 is 4.72 Å². The summed E-state index contributed by atoms with van der Waals surface area (Å²) < 4.78 is 40.6. The van der Waals surface area contributed by atoms with Gasteiger partial charge < -0.3 is 9.88 Å². The summed E-state index contributed by atoms with van der Waals surface area (Å²) in [7, 11) is -3.75. The van der Waals surface area contributed by atoms with Crippen molar-refractivity contribution >= 4 is 50.0 Å². The van der Waals surface area contributed by atoms with E-state index >= 15 is 0 Å². The summed E-state index contributed by atoms with van der Waals surface area (Å²) in [6, 6.07) is 9.51. The molecule has 158 valence electrons. The minimum Gasteiger partial charge on any atom is -0.349 e. The molecule has 1 saturated heterocycles. The minimum absolute atomic E-state index is 0.00549. The predicted octanol–water partition coefficient (Wildman–Crippen LogP) is 4.20. The number of piperidine rings is 1. The smallest absolute Gasteiger partial charge is 0.271 e. The lowest BCUT2D eigenvalue weighted by Gasteiger charge is -2.32. The number of hydrogen-bond acceptors (Lipinski definition) is 3. The van der Waals surface area contributed by atoms with E-state index in [1.807, 2.05) is 0 Å². The fourth-order valence-electron chi connectivity index (χ4n) is 3.54. The van der Waals surface area contributed by atoms with E-state index in [2.05, 4.69) is 9.71 Å². The van der Waals surface area contributed by atoms with Gasteiger partial charge >= 0.3 is 0 Å². The summed E-state index contributed by atoms with van der Waals surface area (Å²) >= 11 is 12.4. The Labute approximate surface area is 183 Å². The van der Waals surface area contributed by atoms with Crippen molar-refractivity contribution in [3.05, 3.63) is 64.0 Å². The predicted molar refractivity (Wildman–Crippen MR) is 114 cm³/mol. The number of carbonyl (C=O) groups is 1. The van der Waals surface area contributed by atoms with Crippen molar-refractivity contribution in [2.75, 3.05) is 13.1 Å². The fraction of sp³-hybridized carbons (Fsp3) is 0.250. The second-order valence-corrected chi connectivity index (χ2v) is 9.67. The lowest BCUT2D eigenvalue weighted by atomic mass is 10.1. The van der Waals surface area contributed by atoms with Gasteiger partial charge in [-0.15, -0.1) is 0 Å². The molecular formula is C20H18Cl2FN3O3S. The van der Waals surface area contributed by atoms with E-state index < -0.39 is 15.8 Å². The largest absolute Gasteiger partial charge is 0.349 e. The molecule has 0 aliphatic carbocycles. The van der Waals surface area contributed by atoms with Crippen molar-refractivity contribution in [2.45, 2.75) is 23.8 Å². The van der Waals surface area contributed by atoms with Crippen LogP contribution in [0.3, 0.4) is 0 Å². The molecule has 0 unspecified atom stereocenters. The number of benzene rings is 2. The lowest BCUT2D eigenvalue weighted by Crippen LogP contribution is -2.46. The van der Waals surface area contributed by atoms with Gasteiger partial charge in [-0.3, -0.25) is 4.79 Å². The number of aromatic nitrogens is 1. The zero-order chi connectivity index (χ0) is 21.5. The van der Waals surface area contributed by atoms with Crippen molar-refractivity contribution < 1.29 is 17.6 Å². The molecule has 2 aromatic carbocycles. The van der Waals surface area contributed by atoms with Gasteiger partial charge in [0, 0.05) is 35.1 Å². The summed E-state index contributed by atoms with van der Waals surface area (Å²) in [4.78, 5) is 17.6. The fourth-order valence-corrected chi connectivity index (χ4v) is 5.30. The second kappa shape index (κ2) is 8.19. The highest BCUT2D eigenvalue weighted by Gasteiger charge is 2.29. The van der Waals surface area contributed by atoms with Gasteiger partial charge in [0.25, 0.3) is 5.91 Å². The molecular weight excluding hydrogens is 452 g/mol. The molecule has 1 amide bonds. The van der Waals surface area contributed by atoms with Crippen LogP contribution in [0.1, 0.15) is 23.3 Å². The van der Waals surface area contributed by atoms with E-state index in [4.69, 9.17) is 23.2 Å². The molecule has 10 heteroatoms. The quantitative estimate of drug-likeness (QED) is 0.600. The van der Waals surface area contributed by atoms with Crippen LogP contribution in [-0.4, -0.2) is 43.3 Å². The number of fused-ring (bicyclic) bond motifs is 1. The van der Waals surface area contributed by atoms with Gasteiger partial charge in [-0.2, -0.15) is 0 Å². The maximum absolute atomic E-state index is 13.0. The Morgan fingerprint density at radius 1 is 1.10 bits per heavy atom. The monoisotopic (exact) mass is 469 g/mol. The van der Waals surface area contributed by atoms with Gasteiger partial charge in [-0.05, 0) is 55.3 Å². The Morgan fingerprint density at radius 3 is 2.43 bits per heavy atom. The molecule has 1 aromatic heterocycles. The summed E-state index contributed by atoms with van der Waals surface area (Å²) in [5.74, 6) is -0.745. The number of amides is 1. The maximum atomic E-state index is 13.0. The number of carbonyl (C=O) groups excluding carboxylic acids is 1. The molecule has 3 aromatic rings. The Kier molecular flexibility index (Phi) is 5.76. The SMILES string of the molecule is O=C(c1[nH]c2ccc(Cl)cc2c1Cl)N1CCC(NS(=O)(=O)c2ccc(F)cc2)CC1. The number of rotatable bonds is 4. The summed E-state index contributed by atoms with van der Waals surface area (Å²) in [6.45, 7) is 0.754. The molecule has 30 heavy (non-hydrogen) atoms. The summed E-state index contributed by atoms with van der Waals surface area (Å²) in [6.07, 6.45) is 0.908. The van der Waals surface area contributed by atoms with Crippen LogP contribution in [0.4, 0.5) is 4.39 Å². The minimum atomic E-state index is -3.75. The number of H-pyrrole nitrogens is 1. The first-order valence-corrected chi connectivity index (χ1v) is 11.5. The van der Waals surface area contributed by atoms with Crippen LogP contribution in [0.15, 0.2) is 47.4 Å². The standard InChI is InChI=1S/C20H18Cl2FN3O3S/c21-12-1-6-17-16(11-12)18(22)19(24-17)20(27)26-9-7-14(8-10-26)25-30(28,29)15-4-2-13(23)3-5-15/h1-6,11,14,24-25H,7-10H2. The molecule has 0 atom stereocenters. The number of aromatic amines is 1. The highest BCUT2D eigenvalue weighted by atomic mass is 35.5. The molecule has 2 heterocycles. The third-order valence-electron chi connectivity index (χ3n) is 5.14. The average Bonchev–Trinajstić information content (AvgIpc) is 3.04. The number of sulfonamides is 1. The van der Waals surface area contributed by atoms with E-state index in [9.17, 15) is 17.6 Å². The molecule has 0 spiro atoms. The van der Waals surface area contributed by atoms with Crippen molar-refractivity contribution in [3.8, 4) is 0 Å². The topological polar surface area (TPSA) is 82.3 Å². The van der Waals surface area contributed by atoms with Gasteiger partial charge in [0.2, 0.25) is 10.0 Å². The molecule has 1 aliphatic heterocycles. The van der Waals surface area contributed by atoms with Crippen LogP contribution in [0.5, 0.6) is 0 Å². The van der Waals surface area contributed by atoms with Crippen LogP contribution in [0.2, 0.25) is 10.0 Å². The van der Waals surface area contributed by atoms with Crippen LogP contribution in [0.25, 0.3) is 10.9 Å². The third-order valence-corrected chi connectivity index (χ3v) is 7.30. The molecule has 1 aliphatic rings. The molecule has 1 fully saturated rings. The van der Waals surface area contributed by atoms with E-state index in [0.29, 0.717) is 47.1 Å². The molecule has 6 nitrogen and oxygen atoms in total. The van der Waals surface area contributed by atoms with Gasteiger partial charge in [0.1, 0.15) is 11.5 Å². The Morgan fingerprint density at radius 2 is 1.77 bits per heavy atom. The average molecular weight is 470 g/mol. The number of nitrogens with one attached hydrogen (secondary N) is 2. The Hall–Kier alpha value is -2.13. The molecule has 0 bridgehead atoms. The zero-order valence-electron chi connectivity index (χ0n) is 15.7. The highest BCUT2D eigenvalue weighted by molar-refractivity contribution is 7.89. The van der Waals surface area contributed by atoms with Crippen molar-refractivity contribution in [3.63, 3.8) is 0 Å². The van der Waals surface area contributed by atoms with Crippen molar-refractivity contribution in [1.29, 1.82) is 0 Å². The summed E-state index contributed by atoms with van der Waals surface area (Å²) in [5, 5.41) is 1.52. The number of nitrogens with zero attached hydrogens (tertiary/aromatic N) is 1. The first-order valence-electron chi connectivity index (χ1n) is 9.28. The molecule has 0 saturated carbocycles. The first-order chi connectivity index (χ1) is 14.2. The number of halogens is 3. The van der Waals surface area contributed by atoms with E-state index in [1.165, 1.54) is 12.1 Å². The Bertz CT molecular complexity index is 1200. The number of likely N-dealkylation sites (tertiary alicyclic amines) is 1. The maximum Gasteiger partial charge on any atom is 0.271 e. The van der Waals surface area contributed by atoms with Crippen molar-refractivity contribution in [1.82, 2.24) is 14.6 Å². The van der Waals surface area contributed by atoms with E-state index in [-0.39, 0.29) is 16.8 Å². The van der Waals surface area contributed by atoms with Gasteiger partial charge in [0.15, 0.2) is 0 Å². The zero-order valence-corrected chi connectivity index (χ0v) is 18.0. The normalized spacial score (nSPS) is 15.6. The van der Waals surface area contributed by atoms with Crippen LogP contribution in [0, 0.1) is 5.82 Å². The molecule has 2 N–H and O–H groups in total. The van der Waals surface area contributed by atoms with Crippen LogP contribution >= 0.6 is 23.2 Å². The van der Waals surface area contributed by atoms with Crippen molar-refractivity contribution in [2.24, 2.45) is 0 Å². The molecule has 0 radical (unpaired) electrons. The number of hydrogen-bond donors (Lipinski definition) is 2. The lowest BCUT2D eigenvalue weighted by molar-refractivity contribution is 0.0706.